The summed E-state index contributed by atoms with van der Waals surface area (Å²) in [6.07, 6.45) is 7.94. The average molecular weight is 529 g/mol. The lowest BCUT2D eigenvalue weighted by Gasteiger charge is -2.51. The summed E-state index contributed by atoms with van der Waals surface area (Å²) in [7, 11) is 5.63. The Morgan fingerprint density at radius 1 is 0.872 bits per heavy atom. The SMILES string of the molecule is COc1ccc(CN(Cc2ccc(OC)cc2)CC2CC3CCN2CC3c2cc(C3CCCC3)nn2C)cc1. The van der Waals surface area contributed by atoms with Crippen molar-refractivity contribution in [2.45, 2.75) is 69.5 Å². The molecule has 2 bridgehead atoms. The Kier molecular flexibility index (Phi) is 7.94. The van der Waals surface area contributed by atoms with Crippen LogP contribution >= 0.6 is 0 Å². The van der Waals surface area contributed by atoms with Gasteiger partial charge in [-0.05, 0) is 79.6 Å². The maximum atomic E-state index is 5.39. The number of benzene rings is 2. The van der Waals surface area contributed by atoms with Gasteiger partial charge >= 0.3 is 0 Å². The molecule has 1 saturated carbocycles. The van der Waals surface area contributed by atoms with Crippen LogP contribution in [-0.4, -0.2) is 59.5 Å². The fraction of sp³-hybridized carbons (Fsp3) is 0.545. The predicted molar refractivity (Wildman–Crippen MR) is 155 cm³/mol. The topological polar surface area (TPSA) is 42.8 Å². The number of ether oxygens (including phenoxy) is 2. The van der Waals surface area contributed by atoms with E-state index in [1.165, 1.54) is 67.6 Å². The van der Waals surface area contributed by atoms with Gasteiger partial charge < -0.3 is 9.47 Å². The molecule has 0 amide bonds. The Morgan fingerprint density at radius 3 is 2.03 bits per heavy atom. The van der Waals surface area contributed by atoms with Gasteiger partial charge in [0.1, 0.15) is 11.5 Å². The standard InChI is InChI=1S/C33H44N4O2/c1-35-33(19-32(34-35)26-6-4-5-7-26)31-23-37-17-16-27(31)18-28(37)22-36(20-24-8-12-29(38-2)13-9-24)21-25-10-14-30(39-3)15-11-25/h8-15,19,26-28,31H,4-7,16-18,20-23H2,1-3H3. The molecule has 3 aromatic rings. The first kappa shape index (κ1) is 26.4. The Balaban J connectivity index is 1.16. The summed E-state index contributed by atoms with van der Waals surface area (Å²) in [6.45, 7) is 5.33. The molecule has 1 aliphatic carbocycles. The van der Waals surface area contributed by atoms with Crippen molar-refractivity contribution in [3.8, 4) is 11.5 Å². The molecular weight excluding hydrogens is 484 g/mol. The third kappa shape index (κ3) is 5.87. The van der Waals surface area contributed by atoms with Gasteiger partial charge in [0.05, 0.1) is 19.9 Å². The summed E-state index contributed by atoms with van der Waals surface area (Å²) in [4.78, 5) is 5.41. The zero-order valence-corrected chi connectivity index (χ0v) is 23.9. The number of aromatic nitrogens is 2. The minimum atomic E-state index is 0.596. The van der Waals surface area contributed by atoms with Crippen LogP contribution in [-0.2, 0) is 20.1 Å². The highest BCUT2D eigenvalue weighted by Gasteiger charge is 2.42. The molecule has 39 heavy (non-hydrogen) atoms. The third-order valence-corrected chi connectivity index (χ3v) is 9.57. The van der Waals surface area contributed by atoms with E-state index in [1.54, 1.807) is 14.2 Å². The Labute approximate surface area is 233 Å². The van der Waals surface area contributed by atoms with Crippen molar-refractivity contribution in [3.05, 3.63) is 77.1 Å². The number of aryl methyl sites for hydroxylation is 1. The molecule has 1 aromatic heterocycles. The van der Waals surface area contributed by atoms with Gasteiger partial charge in [0, 0.05) is 56.8 Å². The van der Waals surface area contributed by atoms with Crippen LogP contribution < -0.4 is 9.47 Å². The van der Waals surface area contributed by atoms with Crippen molar-refractivity contribution in [2.24, 2.45) is 13.0 Å². The number of hydrogen-bond acceptors (Lipinski definition) is 5. The molecule has 7 rings (SSSR count). The van der Waals surface area contributed by atoms with Crippen molar-refractivity contribution in [2.75, 3.05) is 33.9 Å². The molecule has 6 heteroatoms. The van der Waals surface area contributed by atoms with Crippen molar-refractivity contribution in [1.29, 1.82) is 0 Å². The third-order valence-electron chi connectivity index (χ3n) is 9.57. The highest BCUT2D eigenvalue weighted by Crippen LogP contribution is 2.43. The lowest BCUT2D eigenvalue weighted by molar-refractivity contribution is 0.00762. The molecular formula is C33H44N4O2. The summed E-state index contributed by atoms with van der Waals surface area (Å²) in [5.74, 6) is 3.86. The first-order valence-corrected chi connectivity index (χ1v) is 14.9. The van der Waals surface area contributed by atoms with Gasteiger partial charge in [-0.1, -0.05) is 37.1 Å². The van der Waals surface area contributed by atoms with Crippen LogP contribution in [0.5, 0.6) is 11.5 Å². The lowest BCUT2D eigenvalue weighted by atomic mass is 9.74. The summed E-state index contributed by atoms with van der Waals surface area (Å²) >= 11 is 0. The van der Waals surface area contributed by atoms with Gasteiger partial charge in [-0.25, -0.2) is 0 Å². The summed E-state index contributed by atoms with van der Waals surface area (Å²) in [5.41, 5.74) is 5.47. The fourth-order valence-electron chi connectivity index (χ4n) is 7.40. The van der Waals surface area contributed by atoms with Crippen LogP contribution in [0, 0.1) is 5.92 Å². The second-order valence-electron chi connectivity index (χ2n) is 12.0. The maximum absolute atomic E-state index is 5.39. The average Bonchev–Trinajstić information content (AvgIpc) is 3.64. The Morgan fingerprint density at radius 2 is 1.49 bits per heavy atom. The van der Waals surface area contributed by atoms with Gasteiger partial charge in [0.25, 0.3) is 0 Å². The molecule has 3 aliphatic heterocycles. The molecule has 4 fully saturated rings. The molecule has 4 heterocycles. The van der Waals surface area contributed by atoms with Gasteiger partial charge in [0.15, 0.2) is 0 Å². The van der Waals surface area contributed by atoms with Crippen molar-refractivity contribution in [3.63, 3.8) is 0 Å². The molecule has 6 nitrogen and oxygen atoms in total. The first-order valence-electron chi connectivity index (χ1n) is 14.9. The molecule has 0 N–H and O–H groups in total. The molecule has 4 atom stereocenters. The van der Waals surface area contributed by atoms with Gasteiger partial charge in [-0.3, -0.25) is 14.5 Å². The van der Waals surface area contributed by atoms with Gasteiger partial charge in [-0.2, -0.15) is 5.10 Å². The second-order valence-corrected chi connectivity index (χ2v) is 12.0. The number of piperidine rings is 3. The maximum Gasteiger partial charge on any atom is 0.118 e. The summed E-state index contributed by atoms with van der Waals surface area (Å²) < 4.78 is 13.0. The first-order chi connectivity index (χ1) is 19.1. The quantitative estimate of drug-likeness (QED) is 0.324. The van der Waals surface area contributed by atoms with E-state index in [9.17, 15) is 0 Å². The largest absolute Gasteiger partial charge is 0.497 e. The van der Waals surface area contributed by atoms with Crippen molar-refractivity contribution in [1.82, 2.24) is 19.6 Å². The van der Waals surface area contributed by atoms with E-state index in [-0.39, 0.29) is 0 Å². The molecule has 2 aromatic carbocycles. The molecule has 0 radical (unpaired) electrons. The van der Waals surface area contributed by atoms with Crippen molar-refractivity contribution < 1.29 is 9.47 Å². The van der Waals surface area contributed by atoms with E-state index in [0.717, 1.165) is 43.6 Å². The fourth-order valence-corrected chi connectivity index (χ4v) is 7.40. The molecule has 4 unspecified atom stereocenters. The van der Waals surface area contributed by atoms with Crippen LogP contribution in [0.15, 0.2) is 54.6 Å². The second kappa shape index (κ2) is 11.7. The number of nitrogens with zero attached hydrogens (tertiary/aromatic N) is 4. The van der Waals surface area contributed by atoms with Gasteiger partial charge in [0.2, 0.25) is 0 Å². The normalized spacial score (nSPS) is 24.9. The molecule has 0 spiro atoms. The highest BCUT2D eigenvalue weighted by molar-refractivity contribution is 5.29. The van der Waals surface area contributed by atoms with Crippen LogP contribution in [0.2, 0.25) is 0 Å². The molecule has 208 valence electrons. The monoisotopic (exact) mass is 528 g/mol. The van der Waals surface area contributed by atoms with Crippen LogP contribution in [0.1, 0.15) is 72.9 Å². The van der Waals surface area contributed by atoms with E-state index in [2.05, 4.69) is 76.1 Å². The summed E-state index contributed by atoms with van der Waals surface area (Å²) in [5, 5.41) is 5.01. The number of rotatable bonds is 10. The minimum Gasteiger partial charge on any atom is -0.497 e. The highest BCUT2D eigenvalue weighted by atomic mass is 16.5. The minimum absolute atomic E-state index is 0.596. The van der Waals surface area contributed by atoms with Crippen LogP contribution in [0.4, 0.5) is 0 Å². The van der Waals surface area contributed by atoms with E-state index >= 15 is 0 Å². The van der Waals surface area contributed by atoms with Crippen LogP contribution in [0.3, 0.4) is 0 Å². The smallest absolute Gasteiger partial charge is 0.118 e. The predicted octanol–water partition coefficient (Wildman–Crippen LogP) is 5.98. The van der Waals surface area contributed by atoms with E-state index in [0.29, 0.717) is 17.9 Å². The Bertz CT molecular complexity index is 1170. The number of fused-ring (bicyclic) bond motifs is 3. The van der Waals surface area contributed by atoms with Crippen molar-refractivity contribution >= 4 is 0 Å². The molecule has 3 saturated heterocycles. The molecule has 4 aliphatic rings. The zero-order valence-electron chi connectivity index (χ0n) is 23.9. The lowest BCUT2D eigenvalue weighted by Crippen LogP contribution is -2.56. The van der Waals surface area contributed by atoms with E-state index in [4.69, 9.17) is 14.6 Å². The van der Waals surface area contributed by atoms with E-state index < -0.39 is 0 Å². The Hall–Kier alpha value is -2.83. The zero-order chi connectivity index (χ0) is 26.8. The van der Waals surface area contributed by atoms with E-state index in [1.807, 2.05) is 0 Å². The number of hydrogen-bond donors (Lipinski definition) is 0. The van der Waals surface area contributed by atoms with Gasteiger partial charge in [-0.15, -0.1) is 0 Å². The number of methoxy groups -OCH3 is 2. The van der Waals surface area contributed by atoms with Crippen LogP contribution in [0.25, 0.3) is 0 Å². The summed E-state index contributed by atoms with van der Waals surface area (Å²) in [6, 6.07) is 20.2.